The predicted molar refractivity (Wildman–Crippen MR) is 99.9 cm³/mol. The van der Waals surface area contributed by atoms with Gasteiger partial charge in [-0.25, -0.2) is 0 Å². The highest BCUT2D eigenvalue weighted by atomic mass is 35.5. The van der Waals surface area contributed by atoms with Crippen molar-refractivity contribution in [3.05, 3.63) is 59.1 Å². The summed E-state index contributed by atoms with van der Waals surface area (Å²) in [6, 6.07) is 15.0. The maximum atomic E-state index is 12.5. The largest absolute Gasteiger partial charge is 0.352 e. The zero-order valence-electron chi connectivity index (χ0n) is 13.9. The van der Waals surface area contributed by atoms with Gasteiger partial charge in [-0.1, -0.05) is 35.9 Å². The number of nitrogens with one attached hydrogen (secondary N) is 2. The van der Waals surface area contributed by atoms with Crippen molar-refractivity contribution in [2.75, 3.05) is 11.4 Å². The van der Waals surface area contributed by atoms with E-state index in [9.17, 15) is 9.59 Å². The standard InChI is InChI=1S/C19H17ClN4O2/c20-14-5-3-4-12(8-14)10-21-19(26)13-9-17(25)24(11-13)18-15-6-1-2-7-16(15)22-23-18/h1-8,13H,9-11H2,(H,21,26)(H,22,23)/t13-/m1/s1. The van der Waals surface area contributed by atoms with Crippen LogP contribution in [-0.2, 0) is 16.1 Å². The number of hydrogen-bond acceptors (Lipinski definition) is 3. The van der Waals surface area contributed by atoms with Crippen molar-refractivity contribution in [1.29, 1.82) is 0 Å². The Morgan fingerprint density at radius 3 is 2.96 bits per heavy atom. The molecule has 0 unspecified atom stereocenters. The molecule has 1 aliphatic rings. The summed E-state index contributed by atoms with van der Waals surface area (Å²) in [6.45, 7) is 0.713. The van der Waals surface area contributed by atoms with Gasteiger partial charge in [0.15, 0.2) is 5.82 Å². The zero-order chi connectivity index (χ0) is 18.1. The van der Waals surface area contributed by atoms with Gasteiger partial charge in [0, 0.05) is 29.9 Å². The van der Waals surface area contributed by atoms with Gasteiger partial charge in [-0.2, -0.15) is 5.10 Å². The van der Waals surface area contributed by atoms with Crippen LogP contribution in [0.2, 0.25) is 5.02 Å². The topological polar surface area (TPSA) is 78.1 Å². The van der Waals surface area contributed by atoms with E-state index < -0.39 is 5.92 Å². The summed E-state index contributed by atoms with van der Waals surface area (Å²) in [7, 11) is 0. The van der Waals surface area contributed by atoms with Gasteiger partial charge in [-0.3, -0.25) is 19.6 Å². The van der Waals surface area contributed by atoms with E-state index in [-0.39, 0.29) is 18.2 Å². The molecule has 1 aromatic heterocycles. The Labute approximate surface area is 155 Å². The van der Waals surface area contributed by atoms with Crippen molar-refractivity contribution < 1.29 is 9.59 Å². The van der Waals surface area contributed by atoms with Crippen LogP contribution in [0.15, 0.2) is 48.5 Å². The van der Waals surface area contributed by atoms with Gasteiger partial charge in [0.05, 0.1) is 11.4 Å². The molecule has 6 nitrogen and oxygen atoms in total. The lowest BCUT2D eigenvalue weighted by Crippen LogP contribution is -2.32. The number of para-hydroxylation sites is 1. The van der Waals surface area contributed by atoms with Crippen LogP contribution in [0, 0.1) is 5.92 Å². The molecule has 4 rings (SSSR count). The number of aromatic nitrogens is 2. The monoisotopic (exact) mass is 368 g/mol. The highest BCUT2D eigenvalue weighted by molar-refractivity contribution is 6.30. The Bertz CT molecular complexity index is 984. The second kappa shape index (κ2) is 6.80. The molecule has 3 aromatic rings. The minimum Gasteiger partial charge on any atom is -0.352 e. The van der Waals surface area contributed by atoms with Gasteiger partial charge >= 0.3 is 0 Å². The second-order valence-corrected chi connectivity index (χ2v) is 6.78. The van der Waals surface area contributed by atoms with Crippen molar-refractivity contribution >= 4 is 40.1 Å². The first-order valence-corrected chi connectivity index (χ1v) is 8.75. The lowest BCUT2D eigenvalue weighted by Gasteiger charge is -2.14. The van der Waals surface area contributed by atoms with Crippen LogP contribution in [0.5, 0.6) is 0 Å². The van der Waals surface area contributed by atoms with Crippen LogP contribution in [0.1, 0.15) is 12.0 Å². The number of benzene rings is 2. The molecule has 0 spiro atoms. The van der Waals surface area contributed by atoms with Crippen molar-refractivity contribution in [2.24, 2.45) is 5.92 Å². The van der Waals surface area contributed by atoms with Crippen LogP contribution < -0.4 is 10.2 Å². The first-order valence-electron chi connectivity index (χ1n) is 8.37. The molecule has 132 valence electrons. The summed E-state index contributed by atoms with van der Waals surface area (Å²) < 4.78 is 0. The summed E-state index contributed by atoms with van der Waals surface area (Å²) in [5, 5.41) is 11.6. The van der Waals surface area contributed by atoms with E-state index in [1.54, 1.807) is 11.0 Å². The summed E-state index contributed by atoms with van der Waals surface area (Å²) in [4.78, 5) is 26.5. The fourth-order valence-corrected chi connectivity index (χ4v) is 3.44. The molecule has 7 heteroatoms. The van der Waals surface area contributed by atoms with Crippen LogP contribution in [-0.4, -0.2) is 28.6 Å². The van der Waals surface area contributed by atoms with Gasteiger partial charge in [0.25, 0.3) is 0 Å². The van der Waals surface area contributed by atoms with Crippen LogP contribution in [0.3, 0.4) is 0 Å². The number of carbonyl (C=O) groups is 2. The fraction of sp³-hybridized carbons (Fsp3) is 0.211. The van der Waals surface area contributed by atoms with E-state index in [1.807, 2.05) is 42.5 Å². The summed E-state index contributed by atoms with van der Waals surface area (Å²) in [5.74, 6) is -0.0429. The molecular formula is C19H17ClN4O2. The van der Waals surface area contributed by atoms with E-state index >= 15 is 0 Å². The van der Waals surface area contributed by atoms with Crippen LogP contribution in [0.25, 0.3) is 10.9 Å². The number of carbonyl (C=O) groups excluding carboxylic acids is 2. The lowest BCUT2D eigenvalue weighted by molar-refractivity contribution is -0.126. The Kier molecular flexibility index (Phi) is 4.34. The van der Waals surface area contributed by atoms with Gasteiger partial charge < -0.3 is 5.32 Å². The second-order valence-electron chi connectivity index (χ2n) is 6.35. The Balaban J connectivity index is 1.45. The highest BCUT2D eigenvalue weighted by Crippen LogP contribution is 2.29. The van der Waals surface area contributed by atoms with Gasteiger partial charge in [-0.15, -0.1) is 0 Å². The fourth-order valence-electron chi connectivity index (χ4n) is 3.22. The molecule has 2 aromatic carbocycles. The first kappa shape index (κ1) is 16.6. The molecule has 0 aliphatic carbocycles. The molecule has 0 bridgehead atoms. The Morgan fingerprint density at radius 1 is 1.27 bits per heavy atom. The van der Waals surface area contributed by atoms with E-state index in [1.165, 1.54) is 0 Å². The maximum Gasteiger partial charge on any atom is 0.229 e. The molecule has 26 heavy (non-hydrogen) atoms. The van der Waals surface area contributed by atoms with E-state index in [0.29, 0.717) is 23.9 Å². The van der Waals surface area contributed by atoms with Crippen LogP contribution in [0.4, 0.5) is 5.82 Å². The molecule has 1 aliphatic heterocycles. The number of anilines is 1. The normalized spacial score (nSPS) is 17.0. The number of H-pyrrole nitrogens is 1. The van der Waals surface area contributed by atoms with Crippen LogP contribution >= 0.6 is 11.6 Å². The van der Waals surface area contributed by atoms with Gasteiger partial charge in [0.2, 0.25) is 11.8 Å². The lowest BCUT2D eigenvalue weighted by atomic mass is 10.1. The number of amides is 2. The third kappa shape index (κ3) is 3.15. The SMILES string of the molecule is O=C(NCc1cccc(Cl)c1)[C@@H]1CC(=O)N(c2n[nH]c3ccccc23)C1. The average molecular weight is 369 g/mol. The third-order valence-electron chi connectivity index (χ3n) is 4.56. The highest BCUT2D eigenvalue weighted by Gasteiger charge is 2.36. The van der Waals surface area contributed by atoms with Crippen molar-refractivity contribution in [1.82, 2.24) is 15.5 Å². The molecule has 1 atom stereocenters. The quantitative estimate of drug-likeness (QED) is 0.743. The van der Waals surface area contributed by atoms with E-state index in [4.69, 9.17) is 11.6 Å². The number of fused-ring (bicyclic) bond motifs is 1. The molecule has 1 fully saturated rings. The summed E-state index contributed by atoms with van der Waals surface area (Å²) in [5.41, 5.74) is 1.79. The number of rotatable bonds is 4. The molecule has 2 heterocycles. The zero-order valence-corrected chi connectivity index (χ0v) is 14.7. The molecule has 0 saturated carbocycles. The van der Waals surface area contributed by atoms with Gasteiger partial charge in [-0.05, 0) is 29.8 Å². The minimum absolute atomic E-state index is 0.0924. The number of hydrogen-bond donors (Lipinski definition) is 2. The number of aromatic amines is 1. The van der Waals surface area contributed by atoms with Crippen molar-refractivity contribution in [3.63, 3.8) is 0 Å². The Hall–Kier alpha value is -2.86. The van der Waals surface area contributed by atoms with E-state index in [2.05, 4.69) is 15.5 Å². The third-order valence-corrected chi connectivity index (χ3v) is 4.79. The Morgan fingerprint density at radius 2 is 2.12 bits per heavy atom. The molecular weight excluding hydrogens is 352 g/mol. The smallest absolute Gasteiger partial charge is 0.229 e. The average Bonchev–Trinajstić information content (AvgIpc) is 3.23. The summed E-state index contributed by atoms with van der Waals surface area (Å²) in [6.07, 6.45) is 0.183. The molecule has 2 amide bonds. The maximum absolute atomic E-state index is 12.5. The number of halogens is 1. The molecule has 0 radical (unpaired) electrons. The molecule has 2 N–H and O–H groups in total. The molecule has 1 saturated heterocycles. The summed E-state index contributed by atoms with van der Waals surface area (Å²) >= 11 is 5.96. The van der Waals surface area contributed by atoms with Crippen molar-refractivity contribution in [2.45, 2.75) is 13.0 Å². The minimum atomic E-state index is -0.392. The number of nitrogens with zero attached hydrogens (tertiary/aromatic N) is 2. The van der Waals surface area contributed by atoms with Gasteiger partial charge in [0.1, 0.15) is 0 Å². The van der Waals surface area contributed by atoms with E-state index in [0.717, 1.165) is 16.5 Å². The predicted octanol–water partition coefficient (Wildman–Crippen LogP) is 2.89. The first-order chi connectivity index (χ1) is 12.6. The van der Waals surface area contributed by atoms with Crippen molar-refractivity contribution in [3.8, 4) is 0 Å².